The van der Waals surface area contributed by atoms with Gasteiger partial charge in [0.15, 0.2) is 0 Å². The van der Waals surface area contributed by atoms with E-state index in [1.54, 1.807) is 12.1 Å². The van der Waals surface area contributed by atoms with Gasteiger partial charge in [0.1, 0.15) is 0 Å². The first-order chi connectivity index (χ1) is 8.04. The van der Waals surface area contributed by atoms with Crippen molar-refractivity contribution in [1.29, 1.82) is 0 Å². The lowest BCUT2D eigenvalue weighted by atomic mass is 10.1. The minimum atomic E-state index is 0.000579. The number of carbonyl (C=O) groups is 1. The topological polar surface area (TPSA) is 58.4 Å². The second kappa shape index (κ2) is 6.47. The highest BCUT2D eigenvalue weighted by molar-refractivity contribution is 6.31. The molecule has 0 saturated carbocycles. The number of carbonyl (C=O) groups excluding carboxylic acids is 1. The van der Waals surface area contributed by atoms with Gasteiger partial charge in [-0.1, -0.05) is 17.7 Å². The highest BCUT2D eigenvalue weighted by atomic mass is 35.5. The Morgan fingerprint density at radius 1 is 1.53 bits per heavy atom. The molecule has 3 N–H and O–H groups in total. The molecule has 94 valence electrons. The molecule has 17 heavy (non-hydrogen) atoms. The predicted molar refractivity (Wildman–Crippen MR) is 70.9 cm³/mol. The fourth-order valence-corrected chi connectivity index (χ4v) is 1.81. The van der Waals surface area contributed by atoms with Crippen LogP contribution in [0.3, 0.4) is 0 Å². The Labute approximate surface area is 107 Å². The zero-order chi connectivity index (χ0) is 12.8. The predicted octanol–water partition coefficient (Wildman–Crippen LogP) is 1.49. The molecule has 0 bridgehead atoms. The van der Waals surface area contributed by atoms with Crippen molar-refractivity contribution in [2.45, 2.75) is 13.5 Å². The first-order valence-corrected chi connectivity index (χ1v) is 5.90. The zero-order valence-electron chi connectivity index (χ0n) is 10.2. The van der Waals surface area contributed by atoms with Crippen LogP contribution in [0.15, 0.2) is 18.2 Å². The van der Waals surface area contributed by atoms with E-state index in [9.17, 15) is 4.79 Å². The summed E-state index contributed by atoms with van der Waals surface area (Å²) in [7, 11) is 1.86. The van der Waals surface area contributed by atoms with E-state index in [-0.39, 0.29) is 5.91 Å². The van der Waals surface area contributed by atoms with Gasteiger partial charge in [-0.05, 0) is 26.1 Å². The van der Waals surface area contributed by atoms with Crippen LogP contribution in [0.25, 0.3) is 0 Å². The highest BCUT2D eigenvalue weighted by Gasteiger charge is 2.10. The normalized spacial score (nSPS) is 10.6. The van der Waals surface area contributed by atoms with Crippen molar-refractivity contribution >= 4 is 23.2 Å². The van der Waals surface area contributed by atoms with Crippen molar-refractivity contribution < 1.29 is 4.79 Å². The fraction of sp³-hybridized carbons (Fsp3) is 0.417. The number of halogens is 1. The fourth-order valence-electron chi connectivity index (χ4n) is 1.57. The van der Waals surface area contributed by atoms with Crippen LogP contribution in [0.5, 0.6) is 0 Å². The minimum absolute atomic E-state index is 0.000579. The van der Waals surface area contributed by atoms with Crippen LogP contribution in [-0.2, 0) is 11.3 Å². The molecule has 0 fully saturated rings. The number of nitrogens with zero attached hydrogens (tertiary/aromatic N) is 1. The Bertz CT molecular complexity index is 375. The van der Waals surface area contributed by atoms with E-state index in [0.717, 1.165) is 5.56 Å². The zero-order valence-corrected chi connectivity index (χ0v) is 10.9. The number of hydrogen-bond donors (Lipinski definition) is 2. The number of hydrogen-bond acceptors (Lipinski definition) is 3. The Morgan fingerprint density at radius 3 is 2.82 bits per heavy atom. The largest absolute Gasteiger partial charge is 0.398 e. The van der Waals surface area contributed by atoms with Crippen molar-refractivity contribution in [3.63, 3.8) is 0 Å². The van der Waals surface area contributed by atoms with Gasteiger partial charge in [0.2, 0.25) is 5.91 Å². The average molecular weight is 256 g/mol. The summed E-state index contributed by atoms with van der Waals surface area (Å²) in [5.41, 5.74) is 7.36. The van der Waals surface area contributed by atoms with E-state index in [0.29, 0.717) is 30.3 Å². The number of nitrogens with one attached hydrogen (secondary N) is 1. The van der Waals surface area contributed by atoms with Crippen molar-refractivity contribution in [1.82, 2.24) is 10.2 Å². The molecule has 1 rings (SSSR count). The molecule has 0 unspecified atom stereocenters. The van der Waals surface area contributed by atoms with E-state index in [2.05, 4.69) is 5.32 Å². The number of anilines is 1. The van der Waals surface area contributed by atoms with Crippen molar-refractivity contribution in [3.8, 4) is 0 Å². The third-order valence-electron chi connectivity index (χ3n) is 2.37. The summed E-state index contributed by atoms with van der Waals surface area (Å²) in [6.07, 6.45) is 0. The number of benzene rings is 1. The quantitative estimate of drug-likeness (QED) is 0.784. The van der Waals surface area contributed by atoms with Gasteiger partial charge in [-0.25, -0.2) is 0 Å². The first kappa shape index (κ1) is 13.8. The van der Waals surface area contributed by atoms with E-state index in [1.807, 2.05) is 24.9 Å². The molecule has 1 amide bonds. The van der Waals surface area contributed by atoms with Gasteiger partial charge >= 0.3 is 0 Å². The first-order valence-electron chi connectivity index (χ1n) is 5.52. The van der Waals surface area contributed by atoms with Crippen molar-refractivity contribution in [3.05, 3.63) is 28.8 Å². The Balaban J connectivity index is 2.62. The molecule has 0 spiro atoms. The Morgan fingerprint density at radius 2 is 2.24 bits per heavy atom. The molecule has 0 saturated heterocycles. The number of likely N-dealkylation sites (N-methyl/N-ethyl adjacent to an activating group) is 2. The lowest BCUT2D eigenvalue weighted by molar-refractivity contribution is -0.121. The van der Waals surface area contributed by atoms with Crippen LogP contribution in [0.2, 0.25) is 5.02 Å². The summed E-state index contributed by atoms with van der Waals surface area (Å²) >= 11 is 6.06. The van der Waals surface area contributed by atoms with Crippen molar-refractivity contribution in [2.75, 3.05) is 25.9 Å². The molecule has 5 heteroatoms. The van der Waals surface area contributed by atoms with Crippen molar-refractivity contribution in [2.24, 2.45) is 0 Å². The van der Waals surface area contributed by atoms with Gasteiger partial charge in [-0.15, -0.1) is 0 Å². The molecular formula is C12H18ClN3O. The van der Waals surface area contributed by atoms with Crippen LogP contribution in [-0.4, -0.2) is 30.9 Å². The van der Waals surface area contributed by atoms with E-state index < -0.39 is 0 Å². The van der Waals surface area contributed by atoms with Gasteiger partial charge in [-0.3, -0.25) is 9.69 Å². The highest BCUT2D eigenvalue weighted by Crippen LogP contribution is 2.22. The van der Waals surface area contributed by atoms with E-state index >= 15 is 0 Å². The van der Waals surface area contributed by atoms with Gasteiger partial charge in [-0.2, -0.15) is 0 Å². The molecule has 1 aromatic carbocycles. The summed E-state index contributed by atoms with van der Waals surface area (Å²) in [4.78, 5) is 13.3. The Kier molecular flexibility index (Phi) is 5.25. The molecule has 0 aliphatic heterocycles. The molecular weight excluding hydrogens is 238 g/mol. The molecule has 0 radical (unpaired) electrons. The molecule has 1 aromatic rings. The maximum Gasteiger partial charge on any atom is 0.234 e. The maximum atomic E-state index is 11.4. The van der Waals surface area contributed by atoms with Gasteiger partial charge in [0, 0.05) is 29.4 Å². The molecule has 0 heterocycles. The third kappa shape index (κ3) is 4.24. The maximum absolute atomic E-state index is 11.4. The number of nitrogens with two attached hydrogens (primary N) is 1. The second-order valence-electron chi connectivity index (χ2n) is 3.93. The second-order valence-corrected chi connectivity index (χ2v) is 4.34. The number of rotatable bonds is 5. The van der Waals surface area contributed by atoms with Crippen LogP contribution in [0, 0.1) is 0 Å². The van der Waals surface area contributed by atoms with Crippen LogP contribution < -0.4 is 11.1 Å². The minimum Gasteiger partial charge on any atom is -0.398 e. The SMILES string of the molecule is CCNC(=O)CN(C)Cc1c(N)cccc1Cl. The molecule has 0 aromatic heterocycles. The summed E-state index contributed by atoms with van der Waals surface area (Å²) in [6.45, 7) is 3.42. The van der Waals surface area contributed by atoms with E-state index in [4.69, 9.17) is 17.3 Å². The molecule has 0 aliphatic carbocycles. The van der Waals surface area contributed by atoms with Gasteiger partial charge < -0.3 is 11.1 Å². The smallest absolute Gasteiger partial charge is 0.234 e. The summed E-state index contributed by atoms with van der Waals surface area (Å²) in [6, 6.07) is 5.42. The summed E-state index contributed by atoms with van der Waals surface area (Å²) in [5, 5.41) is 3.38. The van der Waals surface area contributed by atoms with Crippen LogP contribution in [0.1, 0.15) is 12.5 Å². The lowest BCUT2D eigenvalue weighted by Crippen LogP contribution is -2.34. The monoisotopic (exact) mass is 255 g/mol. The molecule has 0 aliphatic rings. The summed E-state index contributed by atoms with van der Waals surface area (Å²) in [5.74, 6) is 0.000579. The molecule has 0 atom stereocenters. The van der Waals surface area contributed by atoms with E-state index in [1.165, 1.54) is 0 Å². The number of nitrogen functional groups attached to an aromatic ring is 1. The standard InChI is InChI=1S/C12H18ClN3O/c1-3-15-12(17)8-16(2)7-9-10(13)5-4-6-11(9)14/h4-6H,3,7-8,14H2,1-2H3,(H,15,17). The third-order valence-corrected chi connectivity index (χ3v) is 2.72. The van der Waals surface area contributed by atoms with Gasteiger partial charge in [0.25, 0.3) is 0 Å². The van der Waals surface area contributed by atoms with Gasteiger partial charge in [0.05, 0.1) is 6.54 Å². The van der Waals surface area contributed by atoms with Crippen LogP contribution in [0.4, 0.5) is 5.69 Å². The molecule has 4 nitrogen and oxygen atoms in total. The average Bonchev–Trinajstić information content (AvgIpc) is 2.24. The van der Waals surface area contributed by atoms with Crippen LogP contribution >= 0.6 is 11.6 Å². The lowest BCUT2D eigenvalue weighted by Gasteiger charge is -2.18. The number of amides is 1. The Hall–Kier alpha value is -1.26. The summed E-state index contributed by atoms with van der Waals surface area (Å²) < 4.78 is 0.